The van der Waals surface area contributed by atoms with Gasteiger partial charge in [-0.15, -0.1) is 21.5 Å². The second-order valence-corrected chi connectivity index (χ2v) is 12.9. The lowest BCUT2D eigenvalue weighted by molar-refractivity contribution is -0.130. The van der Waals surface area contributed by atoms with E-state index in [1.165, 1.54) is 11.8 Å². The van der Waals surface area contributed by atoms with E-state index in [4.69, 9.17) is 14.6 Å². The number of benzene rings is 3. The predicted molar refractivity (Wildman–Crippen MR) is 184 cm³/mol. The molecule has 47 heavy (non-hydrogen) atoms. The van der Waals surface area contributed by atoms with Crippen molar-refractivity contribution in [1.29, 1.82) is 0 Å². The van der Waals surface area contributed by atoms with Crippen LogP contribution in [0, 0.1) is 13.8 Å². The molecule has 3 aromatic carbocycles. The number of amides is 2. The molecule has 0 saturated heterocycles. The second kappa shape index (κ2) is 14.2. The number of aromatic nitrogens is 3. The van der Waals surface area contributed by atoms with Crippen molar-refractivity contribution in [2.24, 2.45) is 5.10 Å². The molecule has 10 nitrogen and oxygen atoms in total. The van der Waals surface area contributed by atoms with E-state index in [2.05, 4.69) is 21.6 Å². The van der Waals surface area contributed by atoms with E-state index >= 15 is 0 Å². The van der Waals surface area contributed by atoms with Gasteiger partial charge in [-0.25, -0.2) is 5.01 Å². The summed E-state index contributed by atoms with van der Waals surface area (Å²) in [6.45, 7) is 4.17. The number of thioether (sulfide) groups is 1. The highest BCUT2D eigenvalue weighted by Gasteiger charge is 2.34. The number of thiophene rings is 1. The van der Waals surface area contributed by atoms with Gasteiger partial charge >= 0.3 is 0 Å². The van der Waals surface area contributed by atoms with Gasteiger partial charge in [0.2, 0.25) is 0 Å². The first-order chi connectivity index (χ1) is 22.8. The van der Waals surface area contributed by atoms with Gasteiger partial charge in [0.05, 0.1) is 48.8 Å². The first kappa shape index (κ1) is 32.0. The summed E-state index contributed by atoms with van der Waals surface area (Å²) in [5.41, 5.74) is 5.32. The van der Waals surface area contributed by atoms with Crippen molar-refractivity contribution >= 4 is 40.6 Å². The van der Waals surface area contributed by atoms with Crippen molar-refractivity contribution < 1.29 is 19.1 Å². The van der Waals surface area contributed by atoms with Gasteiger partial charge in [0.15, 0.2) is 11.0 Å². The average molecular weight is 667 g/mol. The zero-order chi connectivity index (χ0) is 32.9. The average Bonchev–Trinajstić information content (AvgIpc) is 3.88. The number of hydrogen-bond acceptors (Lipinski definition) is 9. The van der Waals surface area contributed by atoms with Crippen molar-refractivity contribution in [3.8, 4) is 17.2 Å². The molecule has 5 aromatic rings. The number of ether oxygens (including phenoxy) is 2. The van der Waals surface area contributed by atoms with Crippen LogP contribution in [0.4, 0.5) is 0 Å². The van der Waals surface area contributed by atoms with Gasteiger partial charge in [-0.2, -0.15) is 5.10 Å². The number of methoxy groups -OCH3 is 2. The highest BCUT2D eigenvalue weighted by molar-refractivity contribution is 7.99. The maximum absolute atomic E-state index is 13.9. The van der Waals surface area contributed by atoms with Crippen molar-refractivity contribution in [2.75, 3.05) is 20.0 Å². The number of carbonyl (C=O) groups is 2. The third kappa shape index (κ3) is 7.08. The molecule has 1 aliphatic heterocycles. The Morgan fingerprint density at radius 3 is 2.36 bits per heavy atom. The van der Waals surface area contributed by atoms with Crippen LogP contribution in [0.5, 0.6) is 11.5 Å². The summed E-state index contributed by atoms with van der Waals surface area (Å²) >= 11 is 2.90. The zero-order valence-corrected chi connectivity index (χ0v) is 28.1. The van der Waals surface area contributed by atoms with Gasteiger partial charge in [0, 0.05) is 12.0 Å². The third-order valence-electron chi connectivity index (χ3n) is 7.86. The largest absolute Gasteiger partial charge is 0.497 e. The van der Waals surface area contributed by atoms with Crippen LogP contribution in [0.15, 0.2) is 94.5 Å². The van der Waals surface area contributed by atoms with E-state index in [9.17, 15) is 9.59 Å². The lowest BCUT2D eigenvalue weighted by atomic mass is 10.0. The Balaban J connectivity index is 1.25. The normalized spacial score (nSPS) is 14.2. The molecular formula is C35H34N6O4S2. The lowest BCUT2D eigenvalue weighted by Gasteiger charge is -2.22. The number of hydrogen-bond donors (Lipinski definition) is 1. The molecule has 2 amide bonds. The van der Waals surface area contributed by atoms with Crippen LogP contribution in [0.1, 0.15) is 50.2 Å². The number of rotatable bonds is 11. The van der Waals surface area contributed by atoms with Crippen molar-refractivity contribution in [3.05, 3.63) is 117 Å². The number of aryl methyl sites for hydroxylation is 2. The van der Waals surface area contributed by atoms with Crippen LogP contribution in [-0.4, -0.2) is 57.3 Å². The Morgan fingerprint density at radius 1 is 0.957 bits per heavy atom. The summed E-state index contributed by atoms with van der Waals surface area (Å²) in [5, 5.41) is 20.8. The van der Waals surface area contributed by atoms with Gasteiger partial charge in [-0.3, -0.25) is 14.2 Å². The third-order valence-corrected chi connectivity index (χ3v) is 9.69. The number of carbonyl (C=O) groups excluding carboxylic acids is 2. The molecule has 12 heteroatoms. The van der Waals surface area contributed by atoms with Crippen molar-refractivity contribution in [3.63, 3.8) is 0 Å². The molecule has 0 aliphatic carbocycles. The molecule has 1 N–H and O–H groups in total. The molecule has 1 unspecified atom stereocenters. The fourth-order valence-corrected chi connectivity index (χ4v) is 6.86. The SMILES string of the molecule is COc1ccc(C(=O)NCc2nnc(SCC(=O)N3N=C(c4cccs4)CC3c3ccc(OC)cc3)n2-c2cc(C)ccc2C)cc1. The summed E-state index contributed by atoms with van der Waals surface area (Å²) in [7, 11) is 3.21. The van der Waals surface area contributed by atoms with E-state index < -0.39 is 0 Å². The van der Waals surface area contributed by atoms with Crippen LogP contribution in [-0.2, 0) is 11.3 Å². The summed E-state index contributed by atoms with van der Waals surface area (Å²) in [5.74, 6) is 1.67. The molecule has 0 radical (unpaired) electrons. The summed E-state index contributed by atoms with van der Waals surface area (Å²) < 4.78 is 12.5. The Labute approximate surface area is 281 Å². The molecule has 1 atom stereocenters. The Morgan fingerprint density at radius 2 is 1.68 bits per heavy atom. The Kier molecular flexibility index (Phi) is 9.69. The minimum Gasteiger partial charge on any atom is -0.497 e. The van der Waals surface area contributed by atoms with Gasteiger partial charge in [0.1, 0.15) is 11.5 Å². The van der Waals surface area contributed by atoms with E-state index in [0.29, 0.717) is 28.7 Å². The number of nitrogens with zero attached hydrogens (tertiary/aromatic N) is 5. The predicted octanol–water partition coefficient (Wildman–Crippen LogP) is 6.36. The van der Waals surface area contributed by atoms with Crippen molar-refractivity contribution in [2.45, 2.75) is 38.0 Å². The topological polar surface area (TPSA) is 111 Å². The zero-order valence-electron chi connectivity index (χ0n) is 26.5. The molecule has 6 rings (SSSR count). The quantitative estimate of drug-likeness (QED) is 0.163. The van der Waals surface area contributed by atoms with Crippen LogP contribution >= 0.6 is 23.1 Å². The lowest BCUT2D eigenvalue weighted by Crippen LogP contribution is -2.28. The molecule has 0 spiro atoms. The molecule has 0 fully saturated rings. The molecule has 3 heterocycles. The molecule has 0 bridgehead atoms. The second-order valence-electron chi connectivity index (χ2n) is 11.0. The van der Waals surface area contributed by atoms with Gasteiger partial charge in [-0.1, -0.05) is 42.1 Å². The van der Waals surface area contributed by atoms with Gasteiger partial charge in [0.25, 0.3) is 11.8 Å². The van der Waals surface area contributed by atoms with Gasteiger partial charge < -0.3 is 14.8 Å². The van der Waals surface area contributed by atoms with E-state index in [1.807, 2.05) is 72.3 Å². The standard InChI is InChI=1S/C35H34N6O4S2/c1-22-7-8-23(2)29(18-22)40-32(20-36-34(43)25-11-15-27(45-4)16-12-25)37-38-35(40)47-21-33(42)41-30(24-9-13-26(44-3)14-10-24)19-28(39-41)31-6-5-17-46-31/h5-18,30H,19-21H2,1-4H3,(H,36,43). The summed E-state index contributed by atoms with van der Waals surface area (Å²) in [6, 6.07) is 24.6. The summed E-state index contributed by atoms with van der Waals surface area (Å²) in [4.78, 5) is 27.9. The number of hydrazone groups is 1. The Hall–Kier alpha value is -4.94. The van der Waals surface area contributed by atoms with E-state index in [1.54, 1.807) is 54.8 Å². The first-order valence-electron chi connectivity index (χ1n) is 15.0. The fourth-order valence-electron chi connectivity index (χ4n) is 5.32. The molecule has 240 valence electrons. The molecule has 0 saturated carbocycles. The smallest absolute Gasteiger partial charge is 0.253 e. The number of nitrogens with one attached hydrogen (secondary N) is 1. The highest BCUT2D eigenvalue weighted by atomic mass is 32.2. The van der Waals surface area contributed by atoms with E-state index in [0.717, 1.165) is 38.7 Å². The molecule has 2 aromatic heterocycles. The van der Waals surface area contributed by atoms with E-state index in [-0.39, 0.29) is 30.2 Å². The van der Waals surface area contributed by atoms with Crippen molar-refractivity contribution in [1.82, 2.24) is 25.1 Å². The Bertz CT molecular complexity index is 1900. The van der Waals surface area contributed by atoms with Gasteiger partial charge in [-0.05, 0) is 84.4 Å². The first-order valence-corrected chi connectivity index (χ1v) is 16.9. The minimum absolute atomic E-state index is 0.0923. The maximum atomic E-state index is 13.9. The monoisotopic (exact) mass is 666 g/mol. The van der Waals surface area contributed by atoms with Crippen LogP contribution < -0.4 is 14.8 Å². The molecular weight excluding hydrogens is 633 g/mol. The molecule has 1 aliphatic rings. The van der Waals surface area contributed by atoms with Crippen LogP contribution in [0.3, 0.4) is 0 Å². The fraction of sp³-hybridized carbons (Fsp3) is 0.229. The van der Waals surface area contributed by atoms with Crippen LogP contribution in [0.2, 0.25) is 0 Å². The highest BCUT2D eigenvalue weighted by Crippen LogP contribution is 2.35. The maximum Gasteiger partial charge on any atom is 0.253 e. The summed E-state index contributed by atoms with van der Waals surface area (Å²) in [6.07, 6.45) is 0.611. The minimum atomic E-state index is -0.245. The van der Waals surface area contributed by atoms with Crippen LogP contribution in [0.25, 0.3) is 5.69 Å².